The van der Waals surface area contributed by atoms with Crippen molar-refractivity contribution in [1.29, 1.82) is 0 Å². The molecule has 0 aromatic carbocycles. The summed E-state index contributed by atoms with van der Waals surface area (Å²) in [6, 6.07) is 2.07. The number of pyridine rings is 1. The third-order valence-corrected chi connectivity index (χ3v) is 3.56. The largest absolute Gasteiger partial charge is 0.383 e. The van der Waals surface area contributed by atoms with Crippen LogP contribution in [0.4, 0.5) is 5.82 Å². The molecule has 17 heavy (non-hydrogen) atoms. The van der Waals surface area contributed by atoms with Crippen molar-refractivity contribution in [1.82, 2.24) is 9.38 Å². The first-order chi connectivity index (χ1) is 8.04. The lowest BCUT2D eigenvalue weighted by atomic mass is 10.0. The molecular formula is C13H18BrN3. The Bertz CT molecular complexity index is 545. The number of hydrogen-bond donors (Lipinski definition) is 1. The van der Waals surface area contributed by atoms with Crippen LogP contribution in [-0.2, 0) is 0 Å². The van der Waals surface area contributed by atoms with Gasteiger partial charge in [0, 0.05) is 16.6 Å². The second-order valence-electron chi connectivity index (χ2n) is 4.61. The molecule has 0 saturated heterocycles. The molecule has 2 rings (SSSR count). The van der Waals surface area contributed by atoms with Crippen LogP contribution in [0, 0.1) is 6.92 Å². The molecule has 1 unspecified atom stereocenters. The molecule has 0 aliphatic rings. The van der Waals surface area contributed by atoms with Gasteiger partial charge in [0.2, 0.25) is 0 Å². The molecule has 0 saturated carbocycles. The Kier molecular flexibility index (Phi) is 3.43. The maximum atomic E-state index is 6.19. The summed E-state index contributed by atoms with van der Waals surface area (Å²) in [5.74, 6) is 1.18. The van der Waals surface area contributed by atoms with E-state index < -0.39 is 0 Å². The molecule has 1 atom stereocenters. The predicted molar refractivity (Wildman–Crippen MR) is 75.4 cm³/mol. The van der Waals surface area contributed by atoms with Crippen molar-refractivity contribution in [3.05, 3.63) is 28.0 Å². The van der Waals surface area contributed by atoms with Gasteiger partial charge in [-0.1, -0.05) is 20.3 Å². The zero-order chi connectivity index (χ0) is 12.6. The van der Waals surface area contributed by atoms with Gasteiger partial charge >= 0.3 is 0 Å². The molecule has 2 N–H and O–H groups in total. The second kappa shape index (κ2) is 4.69. The van der Waals surface area contributed by atoms with E-state index in [1.165, 1.54) is 0 Å². The average molecular weight is 296 g/mol. The van der Waals surface area contributed by atoms with Gasteiger partial charge < -0.3 is 5.73 Å². The van der Waals surface area contributed by atoms with Gasteiger partial charge in [-0.2, -0.15) is 0 Å². The molecule has 92 valence electrons. The Balaban J connectivity index is 2.60. The summed E-state index contributed by atoms with van der Waals surface area (Å²) in [6.07, 6.45) is 4.25. The highest BCUT2D eigenvalue weighted by Crippen LogP contribution is 2.28. The van der Waals surface area contributed by atoms with Crippen molar-refractivity contribution >= 4 is 27.4 Å². The first-order valence-corrected chi connectivity index (χ1v) is 6.77. The highest BCUT2D eigenvalue weighted by Gasteiger charge is 2.16. The van der Waals surface area contributed by atoms with Gasteiger partial charge in [-0.15, -0.1) is 0 Å². The summed E-state index contributed by atoms with van der Waals surface area (Å²) >= 11 is 3.49. The topological polar surface area (TPSA) is 43.3 Å². The molecule has 4 heteroatoms. The number of aryl methyl sites for hydroxylation is 1. The van der Waals surface area contributed by atoms with Crippen molar-refractivity contribution in [3.8, 4) is 0 Å². The molecule has 3 nitrogen and oxygen atoms in total. The van der Waals surface area contributed by atoms with Gasteiger partial charge in [0.1, 0.15) is 11.5 Å². The van der Waals surface area contributed by atoms with Crippen LogP contribution in [0.1, 0.15) is 43.9 Å². The van der Waals surface area contributed by atoms with Gasteiger partial charge in [-0.25, -0.2) is 4.98 Å². The van der Waals surface area contributed by atoms with E-state index in [0.29, 0.717) is 5.92 Å². The minimum Gasteiger partial charge on any atom is -0.383 e. The van der Waals surface area contributed by atoms with Crippen molar-refractivity contribution in [2.75, 3.05) is 5.73 Å². The number of hydrogen-bond acceptors (Lipinski definition) is 2. The number of aromatic nitrogens is 2. The number of nitrogen functional groups attached to an aromatic ring is 1. The zero-order valence-corrected chi connectivity index (χ0v) is 12.1. The number of rotatable bonds is 3. The molecule has 0 radical (unpaired) electrons. The van der Waals surface area contributed by atoms with Crippen molar-refractivity contribution in [2.45, 2.75) is 39.5 Å². The smallest absolute Gasteiger partial charge is 0.141 e. The van der Waals surface area contributed by atoms with Crippen LogP contribution in [0.2, 0.25) is 0 Å². The first-order valence-electron chi connectivity index (χ1n) is 5.98. The highest BCUT2D eigenvalue weighted by atomic mass is 79.9. The van der Waals surface area contributed by atoms with Gasteiger partial charge in [0.05, 0.1) is 5.69 Å². The van der Waals surface area contributed by atoms with Crippen LogP contribution >= 0.6 is 15.9 Å². The number of halogens is 1. The van der Waals surface area contributed by atoms with Crippen molar-refractivity contribution < 1.29 is 0 Å². The Hall–Kier alpha value is -1.03. The average Bonchev–Trinajstić information content (AvgIpc) is 2.57. The Morgan fingerprint density at radius 1 is 1.53 bits per heavy atom. The summed E-state index contributed by atoms with van der Waals surface area (Å²) in [6.45, 7) is 6.43. The molecule has 0 bridgehead atoms. The summed E-state index contributed by atoms with van der Waals surface area (Å²) in [7, 11) is 0. The summed E-state index contributed by atoms with van der Waals surface area (Å²) in [5.41, 5.74) is 9.31. The monoisotopic (exact) mass is 295 g/mol. The number of fused-ring (bicyclic) bond motifs is 1. The zero-order valence-electron chi connectivity index (χ0n) is 10.5. The lowest BCUT2D eigenvalue weighted by Crippen LogP contribution is -2.00. The fourth-order valence-corrected chi connectivity index (χ4v) is 2.78. The maximum Gasteiger partial charge on any atom is 0.141 e. The first kappa shape index (κ1) is 12.4. The number of nitrogens with zero attached hydrogens (tertiary/aromatic N) is 2. The number of anilines is 1. The minimum atomic E-state index is 0.415. The lowest BCUT2D eigenvalue weighted by Gasteiger charge is -2.07. The van der Waals surface area contributed by atoms with Crippen LogP contribution in [0.25, 0.3) is 5.65 Å². The number of imidazole rings is 1. The second-order valence-corrected chi connectivity index (χ2v) is 5.52. The van der Waals surface area contributed by atoms with E-state index in [1.54, 1.807) is 0 Å². The third kappa shape index (κ3) is 2.18. The van der Waals surface area contributed by atoms with E-state index in [4.69, 9.17) is 5.73 Å². The Labute approximate surface area is 110 Å². The van der Waals surface area contributed by atoms with E-state index in [-0.39, 0.29) is 0 Å². The standard InChI is InChI=1S/C13H18BrN3/c1-4-5-8(2)11-12(15)17-7-10(14)6-9(3)13(17)16-11/h6-8H,4-5,15H2,1-3H3. The van der Waals surface area contributed by atoms with E-state index in [2.05, 4.69) is 47.8 Å². The van der Waals surface area contributed by atoms with Gasteiger partial charge in [-0.05, 0) is 40.9 Å². The molecule has 2 aromatic rings. The predicted octanol–water partition coefficient (Wildman–Crippen LogP) is 3.89. The lowest BCUT2D eigenvalue weighted by molar-refractivity contribution is 0.653. The van der Waals surface area contributed by atoms with Crippen LogP contribution in [0.15, 0.2) is 16.7 Å². The molecule has 2 aromatic heterocycles. The SMILES string of the molecule is CCCC(C)c1nc2c(C)cc(Br)cn2c1N. The number of nitrogens with two attached hydrogens (primary N) is 1. The molecule has 0 aliphatic heterocycles. The molecule has 0 fully saturated rings. The van der Waals surface area contributed by atoms with Gasteiger partial charge in [-0.3, -0.25) is 4.40 Å². The van der Waals surface area contributed by atoms with Crippen LogP contribution in [0.3, 0.4) is 0 Å². The van der Waals surface area contributed by atoms with E-state index >= 15 is 0 Å². The van der Waals surface area contributed by atoms with Crippen LogP contribution < -0.4 is 5.73 Å². The Morgan fingerprint density at radius 2 is 2.24 bits per heavy atom. The molecule has 0 aliphatic carbocycles. The third-order valence-electron chi connectivity index (χ3n) is 3.12. The van der Waals surface area contributed by atoms with E-state index in [0.717, 1.165) is 40.0 Å². The molecule has 0 amide bonds. The summed E-state index contributed by atoms with van der Waals surface area (Å²) < 4.78 is 3.00. The van der Waals surface area contributed by atoms with Crippen LogP contribution in [0.5, 0.6) is 0 Å². The van der Waals surface area contributed by atoms with Crippen molar-refractivity contribution in [3.63, 3.8) is 0 Å². The fraction of sp³-hybridized carbons (Fsp3) is 0.462. The highest BCUT2D eigenvalue weighted by molar-refractivity contribution is 9.10. The Morgan fingerprint density at radius 3 is 2.88 bits per heavy atom. The fourth-order valence-electron chi connectivity index (χ4n) is 2.24. The molecule has 0 spiro atoms. The maximum absolute atomic E-state index is 6.19. The minimum absolute atomic E-state index is 0.415. The van der Waals surface area contributed by atoms with Crippen molar-refractivity contribution in [2.24, 2.45) is 0 Å². The van der Waals surface area contributed by atoms with Crippen LogP contribution in [-0.4, -0.2) is 9.38 Å². The van der Waals surface area contributed by atoms with E-state index in [9.17, 15) is 0 Å². The molecule has 2 heterocycles. The van der Waals surface area contributed by atoms with Gasteiger partial charge in [0.25, 0.3) is 0 Å². The van der Waals surface area contributed by atoms with E-state index in [1.807, 2.05) is 10.6 Å². The summed E-state index contributed by atoms with van der Waals surface area (Å²) in [5, 5.41) is 0. The summed E-state index contributed by atoms with van der Waals surface area (Å²) in [4.78, 5) is 4.69. The van der Waals surface area contributed by atoms with Gasteiger partial charge in [0.15, 0.2) is 0 Å². The molecular weight excluding hydrogens is 278 g/mol. The quantitative estimate of drug-likeness (QED) is 0.933. The normalized spacial score (nSPS) is 13.2.